The van der Waals surface area contributed by atoms with Crippen molar-refractivity contribution < 1.29 is 13.9 Å². The number of aliphatic imine (C=N–C) groups is 1. The third kappa shape index (κ3) is 6.94. The first-order valence-corrected chi connectivity index (χ1v) is 4.91. The van der Waals surface area contributed by atoms with E-state index in [1.165, 1.54) is 13.2 Å². The van der Waals surface area contributed by atoms with E-state index in [1.54, 1.807) is 6.92 Å². The highest BCUT2D eigenvalue weighted by atomic mass is 19.1. The molecule has 6 heteroatoms. The Kier molecular flexibility index (Phi) is 7.11. The van der Waals surface area contributed by atoms with Gasteiger partial charge in [-0.2, -0.15) is 0 Å². The number of esters is 1. The fourth-order valence-corrected chi connectivity index (χ4v) is 0.953. The molecule has 0 aliphatic rings. The molecule has 0 aromatic carbocycles. The van der Waals surface area contributed by atoms with Gasteiger partial charge in [-0.3, -0.25) is 9.79 Å². The van der Waals surface area contributed by atoms with Gasteiger partial charge >= 0.3 is 5.97 Å². The SMILES string of the molecule is COC(=O)C(N)CC/C(F)=C\CN=C(C)N. The van der Waals surface area contributed by atoms with Crippen molar-refractivity contribution in [3.63, 3.8) is 0 Å². The summed E-state index contributed by atoms with van der Waals surface area (Å²) in [7, 11) is 1.24. The molecule has 5 nitrogen and oxygen atoms in total. The molecule has 0 aliphatic heterocycles. The average Bonchev–Trinajstić information content (AvgIpc) is 2.24. The Morgan fingerprint density at radius 2 is 2.25 bits per heavy atom. The fourth-order valence-electron chi connectivity index (χ4n) is 0.953. The quantitative estimate of drug-likeness (QED) is 0.395. The molecule has 0 aliphatic carbocycles. The third-order valence-electron chi connectivity index (χ3n) is 1.85. The second-order valence-electron chi connectivity index (χ2n) is 3.30. The highest BCUT2D eigenvalue weighted by Gasteiger charge is 2.13. The Balaban J connectivity index is 3.92. The van der Waals surface area contributed by atoms with Gasteiger partial charge in [0.1, 0.15) is 6.04 Å². The fraction of sp³-hybridized carbons (Fsp3) is 0.600. The molecule has 0 saturated carbocycles. The van der Waals surface area contributed by atoms with E-state index >= 15 is 0 Å². The number of amidine groups is 1. The van der Waals surface area contributed by atoms with Crippen LogP contribution in [0.1, 0.15) is 19.8 Å². The van der Waals surface area contributed by atoms with Crippen molar-refractivity contribution in [2.45, 2.75) is 25.8 Å². The summed E-state index contributed by atoms with van der Waals surface area (Å²) in [5, 5.41) is 0. The van der Waals surface area contributed by atoms with Gasteiger partial charge in [-0.05, 0) is 19.4 Å². The number of hydrogen-bond acceptors (Lipinski definition) is 4. The van der Waals surface area contributed by atoms with Crippen LogP contribution >= 0.6 is 0 Å². The van der Waals surface area contributed by atoms with Gasteiger partial charge in [-0.25, -0.2) is 4.39 Å². The highest BCUT2D eigenvalue weighted by Crippen LogP contribution is 2.08. The number of allylic oxidation sites excluding steroid dienone is 1. The van der Waals surface area contributed by atoms with Crippen molar-refractivity contribution >= 4 is 11.8 Å². The molecule has 0 heterocycles. The van der Waals surface area contributed by atoms with Crippen LogP contribution in [-0.2, 0) is 9.53 Å². The van der Waals surface area contributed by atoms with Crippen LogP contribution in [0.15, 0.2) is 16.9 Å². The molecule has 0 rings (SSSR count). The molecule has 4 N–H and O–H groups in total. The molecule has 0 amide bonds. The second kappa shape index (κ2) is 7.81. The Morgan fingerprint density at radius 3 is 2.75 bits per heavy atom. The minimum atomic E-state index is -0.788. The summed E-state index contributed by atoms with van der Waals surface area (Å²) >= 11 is 0. The predicted molar refractivity (Wildman–Crippen MR) is 60.6 cm³/mol. The Labute approximate surface area is 94.3 Å². The van der Waals surface area contributed by atoms with Crippen LogP contribution in [0.2, 0.25) is 0 Å². The number of carbonyl (C=O) groups excluding carboxylic acids is 1. The molecular formula is C10H18FN3O2. The van der Waals surface area contributed by atoms with Crippen molar-refractivity contribution in [3.05, 3.63) is 11.9 Å². The van der Waals surface area contributed by atoms with Crippen LogP contribution in [0.4, 0.5) is 4.39 Å². The van der Waals surface area contributed by atoms with Gasteiger partial charge in [0.2, 0.25) is 0 Å². The maximum atomic E-state index is 13.1. The van der Waals surface area contributed by atoms with E-state index in [1.807, 2.05) is 0 Å². The Hall–Kier alpha value is -1.43. The van der Waals surface area contributed by atoms with Crippen LogP contribution in [0.3, 0.4) is 0 Å². The molecule has 16 heavy (non-hydrogen) atoms. The summed E-state index contributed by atoms with van der Waals surface area (Å²) in [5.41, 5.74) is 10.7. The lowest BCUT2D eigenvalue weighted by Gasteiger charge is -2.07. The zero-order valence-electron chi connectivity index (χ0n) is 9.57. The maximum Gasteiger partial charge on any atom is 0.322 e. The lowest BCUT2D eigenvalue weighted by molar-refractivity contribution is -0.142. The molecule has 0 saturated heterocycles. The lowest BCUT2D eigenvalue weighted by atomic mass is 10.1. The number of methoxy groups -OCH3 is 1. The first kappa shape index (κ1) is 14.6. The number of ether oxygens (including phenoxy) is 1. The smallest absolute Gasteiger partial charge is 0.322 e. The molecule has 92 valence electrons. The standard InChI is InChI=1S/C10H18FN3O2/c1-7(12)14-6-5-8(11)3-4-9(13)10(15)16-2/h5,9H,3-4,6,13H2,1-2H3,(H2,12,14)/b8-5+. The summed E-state index contributed by atoms with van der Waals surface area (Å²) in [4.78, 5) is 14.7. The minimum Gasteiger partial charge on any atom is -0.468 e. The monoisotopic (exact) mass is 231 g/mol. The van der Waals surface area contributed by atoms with Gasteiger partial charge in [0.25, 0.3) is 0 Å². The molecular weight excluding hydrogens is 213 g/mol. The molecule has 1 unspecified atom stereocenters. The Bertz CT molecular complexity index is 286. The number of rotatable bonds is 6. The largest absolute Gasteiger partial charge is 0.468 e. The molecule has 1 atom stereocenters. The van der Waals surface area contributed by atoms with Crippen molar-refractivity contribution in [3.8, 4) is 0 Å². The first-order valence-electron chi connectivity index (χ1n) is 4.91. The van der Waals surface area contributed by atoms with Crippen molar-refractivity contribution in [2.24, 2.45) is 16.5 Å². The van der Waals surface area contributed by atoms with Crippen LogP contribution in [-0.4, -0.2) is 31.5 Å². The van der Waals surface area contributed by atoms with Gasteiger partial charge in [-0.1, -0.05) is 0 Å². The van der Waals surface area contributed by atoms with Gasteiger partial charge in [0, 0.05) is 6.42 Å². The molecule has 0 radical (unpaired) electrons. The van der Waals surface area contributed by atoms with E-state index < -0.39 is 12.0 Å². The average molecular weight is 231 g/mol. The van der Waals surface area contributed by atoms with E-state index in [-0.39, 0.29) is 25.2 Å². The molecule has 0 fully saturated rings. The topological polar surface area (TPSA) is 90.7 Å². The van der Waals surface area contributed by atoms with Crippen molar-refractivity contribution in [2.75, 3.05) is 13.7 Å². The van der Waals surface area contributed by atoms with Crippen LogP contribution in [0.5, 0.6) is 0 Å². The van der Waals surface area contributed by atoms with Gasteiger partial charge < -0.3 is 16.2 Å². The maximum absolute atomic E-state index is 13.1. The number of nitrogens with two attached hydrogens (primary N) is 2. The normalized spacial score (nSPS) is 14.8. The van der Waals surface area contributed by atoms with Crippen LogP contribution in [0.25, 0.3) is 0 Å². The molecule has 0 aromatic rings. The second-order valence-corrected chi connectivity index (χ2v) is 3.30. The van der Waals surface area contributed by atoms with E-state index in [0.29, 0.717) is 5.84 Å². The lowest BCUT2D eigenvalue weighted by Crippen LogP contribution is -2.31. The molecule has 0 bridgehead atoms. The molecule has 0 spiro atoms. The van der Waals surface area contributed by atoms with E-state index in [9.17, 15) is 9.18 Å². The summed E-state index contributed by atoms with van der Waals surface area (Å²) in [6.45, 7) is 1.82. The van der Waals surface area contributed by atoms with E-state index in [2.05, 4.69) is 9.73 Å². The van der Waals surface area contributed by atoms with Crippen molar-refractivity contribution in [1.29, 1.82) is 0 Å². The van der Waals surface area contributed by atoms with Gasteiger partial charge in [0.05, 0.1) is 25.3 Å². The van der Waals surface area contributed by atoms with E-state index in [4.69, 9.17) is 11.5 Å². The molecule has 0 aromatic heterocycles. The van der Waals surface area contributed by atoms with Crippen molar-refractivity contribution in [1.82, 2.24) is 0 Å². The number of nitrogens with zero attached hydrogens (tertiary/aromatic N) is 1. The number of carbonyl (C=O) groups is 1. The summed E-state index contributed by atoms with van der Waals surface area (Å²) in [6.07, 6.45) is 1.61. The zero-order valence-corrected chi connectivity index (χ0v) is 9.57. The van der Waals surface area contributed by atoms with Gasteiger partial charge in [-0.15, -0.1) is 0 Å². The summed E-state index contributed by atoms with van der Waals surface area (Å²) < 4.78 is 17.5. The zero-order chi connectivity index (χ0) is 12.6. The van der Waals surface area contributed by atoms with Crippen LogP contribution < -0.4 is 11.5 Å². The number of halogens is 1. The van der Waals surface area contributed by atoms with E-state index in [0.717, 1.165) is 0 Å². The number of hydrogen-bond donors (Lipinski definition) is 2. The van der Waals surface area contributed by atoms with Crippen LogP contribution in [0, 0.1) is 0 Å². The van der Waals surface area contributed by atoms with Gasteiger partial charge in [0.15, 0.2) is 0 Å². The highest BCUT2D eigenvalue weighted by molar-refractivity contribution is 5.77. The Morgan fingerprint density at radius 1 is 1.62 bits per heavy atom. The third-order valence-corrected chi connectivity index (χ3v) is 1.85. The summed E-state index contributed by atoms with van der Waals surface area (Å²) in [6, 6.07) is -0.788. The minimum absolute atomic E-state index is 0.0927. The summed E-state index contributed by atoms with van der Waals surface area (Å²) in [5.74, 6) is -0.497. The predicted octanol–water partition coefficient (Wildman–Crippen LogP) is 0.497. The first-order chi connectivity index (χ1) is 7.47.